The first-order chi connectivity index (χ1) is 9.17. The second-order valence-electron chi connectivity index (χ2n) is 4.08. The number of nitrogens with one attached hydrogen (secondary N) is 2. The van der Waals surface area contributed by atoms with Crippen molar-refractivity contribution in [2.24, 2.45) is 0 Å². The molecule has 0 saturated heterocycles. The zero-order valence-corrected chi connectivity index (χ0v) is 10.9. The lowest BCUT2D eigenvalue weighted by Gasteiger charge is -2.13. The number of aliphatic carboxylic acids is 1. The highest BCUT2D eigenvalue weighted by Crippen LogP contribution is 2.11. The number of aliphatic hydroxyl groups excluding tert-OH is 1. The Labute approximate surface area is 113 Å². The number of aliphatic hydroxyl groups is 1. The summed E-state index contributed by atoms with van der Waals surface area (Å²) >= 11 is 0. The van der Waals surface area contributed by atoms with Gasteiger partial charge >= 0.3 is 13.6 Å². The first-order valence-electron chi connectivity index (χ1n) is 6.06. The monoisotopic (exact) mass is 266 g/mol. The Bertz CT molecular complexity index is 386. The molecule has 1 aromatic carbocycles. The lowest BCUT2D eigenvalue weighted by Crippen LogP contribution is -2.41. The van der Waals surface area contributed by atoms with Crippen LogP contribution in [0.4, 0.5) is 5.69 Å². The molecule has 0 aliphatic carbocycles. The van der Waals surface area contributed by atoms with Gasteiger partial charge in [0.2, 0.25) is 0 Å². The Hall–Kier alpha value is -1.57. The molecule has 7 heteroatoms. The molecule has 0 fully saturated rings. The second kappa shape index (κ2) is 8.52. The number of hydrogen-bond donors (Lipinski definition) is 4. The molecule has 19 heavy (non-hydrogen) atoms. The number of carboxylic acids is 1. The van der Waals surface area contributed by atoms with Gasteiger partial charge in [0, 0.05) is 19.3 Å². The third-order valence-corrected chi connectivity index (χ3v) is 2.61. The number of benzene rings is 1. The Kier molecular flexibility index (Phi) is 6.95. The number of hydrogen-bond acceptors (Lipinski definition) is 5. The third kappa shape index (κ3) is 5.74. The highest BCUT2D eigenvalue weighted by molar-refractivity contribution is 6.24. The molecule has 6 nitrogen and oxygen atoms in total. The fourth-order valence-electron chi connectivity index (χ4n) is 1.63. The van der Waals surface area contributed by atoms with Gasteiger partial charge in [0.25, 0.3) is 0 Å². The predicted octanol–water partition coefficient (Wildman–Crippen LogP) is -0.411. The van der Waals surface area contributed by atoms with Crippen LogP contribution in [0, 0.1) is 0 Å². The predicted molar refractivity (Wildman–Crippen MR) is 74.4 cm³/mol. The number of rotatable bonds is 9. The smallest absolute Gasteiger partial charge is 0.361 e. The average molecular weight is 266 g/mol. The average Bonchev–Trinajstić information content (AvgIpc) is 2.42. The quantitative estimate of drug-likeness (QED) is 0.454. The van der Waals surface area contributed by atoms with Gasteiger partial charge < -0.3 is 25.4 Å². The van der Waals surface area contributed by atoms with Gasteiger partial charge in [-0.25, -0.2) is 0 Å². The third-order valence-electron chi connectivity index (χ3n) is 2.61. The topological polar surface area (TPSA) is 90.8 Å². The molecule has 0 radical (unpaired) electrons. The van der Waals surface area contributed by atoms with E-state index >= 15 is 0 Å². The zero-order valence-electron chi connectivity index (χ0n) is 10.9. The van der Waals surface area contributed by atoms with Gasteiger partial charge in [-0.1, -0.05) is 12.1 Å². The van der Waals surface area contributed by atoms with Gasteiger partial charge in [0.1, 0.15) is 6.04 Å². The maximum atomic E-state index is 11.1. The van der Waals surface area contributed by atoms with Crippen molar-refractivity contribution >= 4 is 19.3 Å². The summed E-state index contributed by atoms with van der Waals surface area (Å²) in [5, 5.41) is 23.6. The summed E-state index contributed by atoms with van der Waals surface area (Å²) in [6.07, 6.45) is 0.388. The molecule has 0 spiro atoms. The molecule has 0 bridgehead atoms. The molecule has 0 amide bonds. The molecule has 0 aliphatic rings. The van der Waals surface area contributed by atoms with Crippen molar-refractivity contribution in [3.8, 4) is 0 Å². The molecule has 1 aromatic rings. The van der Waals surface area contributed by atoms with Crippen LogP contribution in [-0.2, 0) is 15.9 Å². The standard InChI is InChI=1S/C12H19BN2O4/c1-19-13-15-11(12(17)18)8-9-2-4-10(5-3-9)14-6-7-16/h2-5,11,13-16H,6-8H2,1H3,(H,17,18). The van der Waals surface area contributed by atoms with E-state index in [4.69, 9.17) is 14.9 Å². The van der Waals surface area contributed by atoms with Gasteiger partial charge in [-0.15, -0.1) is 0 Å². The lowest BCUT2D eigenvalue weighted by molar-refractivity contribution is -0.139. The highest BCUT2D eigenvalue weighted by Gasteiger charge is 2.17. The van der Waals surface area contributed by atoms with Crippen molar-refractivity contribution in [2.75, 3.05) is 25.6 Å². The molecule has 0 heterocycles. The van der Waals surface area contributed by atoms with E-state index < -0.39 is 12.0 Å². The van der Waals surface area contributed by atoms with Gasteiger partial charge in [0.15, 0.2) is 0 Å². The molecule has 104 valence electrons. The minimum absolute atomic E-state index is 0.0732. The molecule has 1 unspecified atom stereocenters. The molecular formula is C12H19BN2O4. The van der Waals surface area contributed by atoms with Gasteiger partial charge in [0.05, 0.1) is 6.61 Å². The van der Waals surface area contributed by atoms with E-state index in [1.54, 1.807) is 0 Å². The summed E-state index contributed by atoms with van der Waals surface area (Å²) in [5.74, 6) is -0.903. The summed E-state index contributed by atoms with van der Waals surface area (Å²) < 4.78 is 4.82. The van der Waals surface area contributed by atoms with E-state index in [1.807, 2.05) is 24.3 Å². The van der Waals surface area contributed by atoms with Crippen molar-refractivity contribution in [3.05, 3.63) is 29.8 Å². The van der Waals surface area contributed by atoms with E-state index in [-0.39, 0.29) is 14.2 Å². The maximum absolute atomic E-state index is 11.1. The van der Waals surface area contributed by atoms with Crippen LogP contribution in [0.5, 0.6) is 0 Å². The van der Waals surface area contributed by atoms with Gasteiger partial charge in [-0.05, 0) is 24.1 Å². The van der Waals surface area contributed by atoms with Gasteiger partial charge in [-0.3, -0.25) is 4.79 Å². The minimum atomic E-state index is -0.903. The van der Waals surface area contributed by atoms with Crippen LogP contribution in [0.25, 0.3) is 0 Å². The van der Waals surface area contributed by atoms with Crippen LogP contribution in [-0.4, -0.2) is 50.1 Å². The molecule has 0 saturated carbocycles. The Balaban J connectivity index is 2.56. The van der Waals surface area contributed by atoms with Crippen LogP contribution in [0.15, 0.2) is 24.3 Å². The first-order valence-corrected chi connectivity index (χ1v) is 6.06. The zero-order chi connectivity index (χ0) is 14.1. The molecule has 0 aromatic heterocycles. The summed E-state index contributed by atoms with van der Waals surface area (Å²) in [7, 11) is 1.71. The van der Waals surface area contributed by atoms with Crippen molar-refractivity contribution in [1.29, 1.82) is 0 Å². The maximum Gasteiger partial charge on any atom is 0.361 e. The van der Waals surface area contributed by atoms with E-state index in [0.717, 1.165) is 11.3 Å². The summed E-state index contributed by atoms with van der Waals surface area (Å²) in [6.45, 7) is 0.566. The van der Waals surface area contributed by atoms with Crippen molar-refractivity contribution < 1.29 is 19.7 Å². The van der Waals surface area contributed by atoms with Crippen molar-refractivity contribution in [1.82, 2.24) is 5.23 Å². The van der Waals surface area contributed by atoms with Crippen molar-refractivity contribution in [2.45, 2.75) is 12.5 Å². The van der Waals surface area contributed by atoms with Crippen LogP contribution in [0.1, 0.15) is 5.56 Å². The van der Waals surface area contributed by atoms with E-state index in [2.05, 4.69) is 10.5 Å². The molecule has 1 atom stereocenters. The molecule has 0 aliphatic heterocycles. The second-order valence-corrected chi connectivity index (χ2v) is 4.08. The number of carbonyl (C=O) groups is 1. The molecular weight excluding hydrogens is 247 g/mol. The normalized spacial score (nSPS) is 11.9. The van der Waals surface area contributed by atoms with Crippen molar-refractivity contribution in [3.63, 3.8) is 0 Å². The highest BCUT2D eigenvalue weighted by atomic mass is 16.4. The summed E-state index contributed by atoms with van der Waals surface area (Å²) in [4.78, 5) is 11.1. The fraction of sp³-hybridized carbons (Fsp3) is 0.417. The van der Waals surface area contributed by atoms with E-state index in [9.17, 15) is 4.79 Å². The van der Waals surface area contributed by atoms with E-state index in [1.165, 1.54) is 7.11 Å². The Morgan fingerprint density at radius 3 is 2.63 bits per heavy atom. The minimum Gasteiger partial charge on any atom is -0.480 e. The summed E-state index contributed by atoms with van der Waals surface area (Å²) in [6, 6.07) is 6.78. The Morgan fingerprint density at radius 2 is 2.11 bits per heavy atom. The SMILES string of the molecule is COBNC(Cc1ccc(NCCO)cc1)C(=O)O. The number of anilines is 1. The number of carboxylic acid groups (broad SMARTS) is 1. The van der Waals surface area contributed by atoms with Crippen LogP contribution < -0.4 is 10.5 Å². The first kappa shape index (κ1) is 15.5. The van der Waals surface area contributed by atoms with Crippen LogP contribution >= 0.6 is 0 Å². The Morgan fingerprint density at radius 1 is 1.42 bits per heavy atom. The fourth-order valence-corrected chi connectivity index (χ4v) is 1.63. The largest absolute Gasteiger partial charge is 0.480 e. The van der Waals surface area contributed by atoms with Crippen LogP contribution in [0.3, 0.4) is 0 Å². The van der Waals surface area contributed by atoms with E-state index in [0.29, 0.717) is 13.0 Å². The lowest BCUT2D eigenvalue weighted by atomic mass is 10.0. The summed E-state index contributed by atoms with van der Waals surface area (Å²) in [5.41, 5.74) is 1.82. The molecule has 1 rings (SSSR count). The van der Waals surface area contributed by atoms with Gasteiger partial charge in [-0.2, -0.15) is 0 Å². The molecule has 4 N–H and O–H groups in total. The van der Waals surface area contributed by atoms with Crippen LogP contribution in [0.2, 0.25) is 0 Å².